The fraction of sp³-hybridized carbons (Fsp3) is 0.350. The van der Waals surface area contributed by atoms with E-state index >= 15 is 0 Å². The molecule has 0 aromatic heterocycles. The Morgan fingerprint density at radius 2 is 1.88 bits per heavy atom. The Balaban J connectivity index is 1.84. The average Bonchev–Trinajstić information content (AvgIpc) is 2.85. The van der Waals surface area contributed by atoms with Crippen molar-refractivity contribution in [1.82, 2.24) is 0 Å². The molecule has 1 atom stereocenters. The summed E-state index contributed by atoms with van der Waals surface area (Å²) in [6.07, 6.45) is -0.177. The van der Waals surface area contributed by atoms with E-state index in [-0.39, 0.29) is 12.1 Å². The van der Waals surface area contributed by atoms with Crippen molar-refractivity contribution in [3.05, 3.63) is 52.5 Å². The van der Waals surface area contributed by atoms with Crippen molar-refractivity contribution in [1.29, 1.82) is 0 Å². The number of fused-ring (bicyclic) bond motifs is 1. The van der Waals surface area contributed by atoms with Gasteiger partial charge < -0.3 is 20.1 Å². The lowest BCUT2D eigenvalue weighted by Crippen LogP contribution is -2.32. The number of hydrogen-bond donors (Lipinski definition) is 2. The lowest BCUT2D eigenvalue weighted by Gasteiger charge is -2.26. The zero-order valence-corrected chi connectivity index (χ0v) is 16.1. The molecule has 0 radical (unpaired) electrons. The molecule has 2 aromatic rings. The van der Waals surface area contributed by atoms with E-state index in [1.807, 2.05) is 39.8 Å². The second kappa shape index (κ2) is 7.17. The number of amides is 2. The van der Waals surface area contributed by atoms with Gasteiger partial charge >= 0.3 is 6.03 Å². The van der Waals surface area contributed by atoms with E-state index in [1.54, 1.807) is 24.3 Å². The maximum absolute atomic E-state index is 12.4. The van der Waals surface area contributed by atoms with Gasteiger partial charge in [-0.05, 0) is 63.6 Å². The summed E-state index contributed by atoms with van der Waals surface area (Å²) in [5.74, 6) is 0.666. The van der Waals surface area contributed by atoms with Crippen LogP contribution in [0.15, 0.2) is 36.4 Å². The maximum atomic E-state index is 12.4. The summed E-state index contributed by atoms with van der Waals surface area (Å²) < 4.78 is 12.1. The van der Waals surface area contributed by atoms with Gasteiger partial charge in [0.2, 0.25) is 0 Å². The number of aryl methyl sites for hydroxylation is 1. The van der Waals surface area contributed by atoms with Crippen molar-refractivity contribution in [3.8, 4) is 5.75 Å². The van der Waals surface area contributed by atoms with Gasteiger partial charge in [0.1, 0.15) is 17.5 Å². The van der Waals surface area contributed by atoms with Crippen LogP contribution in [0.5, 0.6) is 5.75 Å². The molecular formula is C20H23ClN2O3. The highest BCUT2D eigenvalue weighted by Gasteiger charge is 2.44. The van der Waals surface area contributed by atoms with Gasteiger partial charge in [-0.3, -0.25) is 0 Å². The van der Waals surface area contributed by atoms with Crippen molar-refractivity contribution in [2.75, 3.05) is 17.2 Å². The summed E-state index contributed by atoms with van der Waals surface area (Å²) in [6, 6.07) is 10.4. The van der Waals surface area contributed by atoms with Crippen LogP contribution in [0.25, 0.3) is 0 Å². The average molecular weight is 375 g/mol. The minimum atomic E-state index is -0.506. The molecule has 1 aliphatic heterocycles. The first kappa shape index (κ1) is 18.5. The van der Waals surface area contributed by atoms with Crippen molar-refractivity contribution in [2.45, 2.75) is 39.4 Å². The summed E-state index contributed by atoms with van der Waals surface area (Å²) >= 11 is 5.87. The zero-order chi connectivity index (χ0) is 18.9. The molecular weight excluding hydrogens is 352 g/mol. The number of hydrogen-bond acceptors (Lipinski definition) is 3. The van der Waals surface area contributed by atoms with Gasteiger partial charge in [-0.1, -0.05) is 17.7 Å². The Labute approximate surface area is 158 Å². The third-order valence-electron chi connectivity index (χ3n) is 4.36. The van der Waals surface area contributed by atoms with E-state index in [1.165, 1.54) is 0 Å². The highest BCUT2D eigenvalue weighted by Crippen LogP contribution is 2.50. The molecule has 0 fully saturated rings. The van der Waals surface area contributed by atoms with Gasteiger partial charge in [0.15, 0.2) is 0 Å². The molecule has 1 heterocycles. The normalized spacial score (nSPS) is 17.3. The number of carbonyl (C=O) groups excluding carboxylic acids is 1. The van der Waals surface area contributed by atoms with Gasteiger partial charge in [-0.2, -0.15) is 0 Å². The smallest absolute Gasteiger partial charge is 0.323 e. The lowest BCUT2D eigenvalue weighted by atomic mass is 9.94. The fourth-order valence-electron chi connectivity index (χ4n) is 3.16. The Hall–Kier alpha value is -2.24. The van der Waals surface area contributed by atoms with Crippen molar-refractivity contribution >= 4 is 29.0 Å². The van der Waals surface area contributed by atoms with Crippen LogP contribution in [0, 0.1) is 6.92 Å². The Morgan fingerprint density at radius 3 is 2.54 bits per heavy atom. The van der Waals surface area contributed by atoms with Crippen molar-refractivity contribution in [2.24, 2.45) is 0 Å². The third kappa shape index (κ3) is 3.64. The molecule has 26 heavy (non-hydrogen) atoms. The van der Waals surface area contributed by atoms with E-state index in [2.05, 4.69) is 10.6 Å². The fourth-order valence-corrected chi connectivity index (χ4v) is 3.29. The molecule has 0 unspecified atom stereocenters. The second-order valence-electron chi connectivity index (χ2n) is 6.80. The van der Waals surface area contributed by atoms with Gasteiger partial charge in [-0.25, -0.2) is 4.79 Å². The predicted octanol–water partition coefficient (Wildman–Crippen LogP) is 5.54. The Bertz CT molecular complexity index is 819. The first-order valence-electron chi connectivity index (χ1n) is 8.59. The number of ether oxygens (including phenoxy) is 2. The number of benzene rings is 2. The number of carbonyl (C=O) groups is 1. The molecule has 2 amide bonds. The topological polar surface area (TPSA) is 59.6 Å². The molecule has 138 valence electrons. The van der Waals surface area contributed by atoms with Crippen LogP contribution in [0.4, 0.5) is 16.2 Å². The monoisotopic (exact) mass is 374 g/mol. The van der Waals surface area contributed by atoms with Gasteiger partial charge in [0.25, 0.3) is 0 Å². The molecule has 0 saturated heterocycles. The molecule has 6 heteroatoms. The molecule has 0 saturated carbocycles. The zero-order valence-electron chi connectivity index (χ0n) is 15.4. The first-order valence-corrected chi connectivity index (χ1v) is 8.97. The van der Waals surface area contributed by atoms with Crippen LogP contribution < -0.4 is 15.4 Å². The second-order valence-corrected chi connectivity index (χ2v) is 7.24. The highest BCUT2D eigenvalue weighted by molar-refractivity contribution is 6.30. The van der Waals surface area contributed by atoms with E-state index in [0.717, 1.165) is 11.1 Å². The molecule has 2 aromatic carbocycles. The number of urea groups is 1. The number of nitrogens with one attached hydrogen (secondary N) is 2. The maximum Gasteiger partial charge on any atom is 0.323 e. The largest absolute Gasteiger partial charge is 0.482 e. The minimum absolute atomic E-state index is 0.177. The number of halogens is 1. The first-order chi connectivity index (χ1) is 12.3. The molecule has 0 bridgehead atoms. The molecule has 0 aliphatic carbocycles. The molecule has 0 spiro atoms. The SMILES string of the molecule is CCO[C@H]1c2c(C)ccc(NC(=O)Nc3ccc(Cl)cc3)c2OC1(C)C. The van der Waals surface area contributed by atoms with Crippen LogP contribution in [0.1, 0.15) is 38.0 Å². The van der Waals surface area contributed by atoms with Crippen LogP contribution in [0.2, 0.25) is 5.02 Å². The van der Waals surface area contributed by atoms with Crippen LogP contribution >= 0.6 is 11.6 Å². The van der Waals surface area contributed by atoms with E-state index in [0.29, 0.717) is 28.8 Å². The number of anilines is 2. The highest BCUT2D eigenvalue weighted by atomic mass is 35.5. The van der Waals surface area contributed by atoms with Crippen molar-refractivity contribution in [3.63, 3.8) is 0 Å². The van der Waals surface area contributed by atoms with Crippen LogP contribution in [0.3, 0.4) is 0 Å². The predicted molar refractivity (Wildman–Crippen MR) is 104 cm³/mol. The molecule has 2 N–H and O–H groups in total. The van der Waals surface area contributed by atoms with Crippen LogP contribution in [-0.2, 0) is 4.74 Å². The quantitative estimate of drug-likeness (QED) is 0.738. The van der Waals surface area contributed by atoms with E-state index < -0.39 is 5.60 Å². The molecule has 5 nitrogen and oxygen atoms in total. The van der Waals surface area contributed by atoms with E-state index in [9.17, 15) is 4.79 Å². The van der Waals surface area contributed by atoms with Crippen molar-refractivity contribution < 1.29 is 14.3 Å². The Morgan fingerprint density at radius 1 is 1.19 bits per heavy atom. The lowest BCUT2D eigenvalue weighted by molar-refractivity contribution is -0.0471. The summed E-state index contributed by atoms with van der Waals surface area (Å²) in [7, 11) is 0. The minimum Gasteiger partial charge on any atom is -0.482 e. The standard InChI is InChI=1S/C20H23ClN2O3/c1-5-25-18-16-12(2)6-11-15(17(16)26-20(18,3)4)23-19(24)22-14-9-7-13(21)8-10-14/h6-11,18H,5H2,1-4H3,(H2,22,23,24)/t18-/m0/s1. The van der Waals surface area contributed by atoms with E-state index in [4.69, 9.17) is 21.1 Å². The van der Waals surface area contributed by atoms with Crippen LogP contribution in [-0.4, -0.2) is 18.2 Å². The molecule has 1 aliphatic rings. The number of rotatable bonds is 4. The van der Waals surface area contributed by atoms with Gasteiger partial charge in [-0.15, -0.1) is 0 Å². The summed E-state index contributed by atoms with van der Waals surface area (Å²) in [6.45, 7) is 8.55. The Kier molecular flexibility index (Phi) is 5.12. The summed E-state index contributed by atoms with van der Waals surface area (Å²) in [5.41, 5.74) is 2.83. The third-order valence-corrected chi connectivity index (χ3v) is 4.61. The summed E-state index contributed by atoms with van der Waals surface area (Å²) in [5, 5.41) is 6.27. The summed E-state index contributed by atoms with van der Waals surface area (Å²) in [4.78, 5) is 12.4. The van der Waals surface area contributed by atoms with Gasteiger partial charge in [0.05, 0.1) is 5.69 Å². The van der Waals surface area contributed by atoms with Gasteiger partial charge in [0, 0.05) is 22.9 Å². The molecule has 3 rings (SSSR count).